The lowest BCUT2D eigenvalue weighted by atomic mass is 9.93. The summed E-state index contributed by atoms with van der Waals surface area (Å²) in [5, 5.41) is 6.12. The minimum Gasteiger partial charge on any atom is -0.370 e. The van der Waals surface area contributed by atoms with E-state index < -0.39 is 0 Å². The molecule has 0 bridgehead atoms. The number of anilines is 1. The predicted molar refractivity (Wildman–Crippen MR) is 102 cm³/mol. The molecule has 4 nitrogen and oxygen atoms in total. The first-order valence-electron chi connectivity index (χ1n) is 6.52. The summed E-state index contributed by atoms with van der Waals surface area (Å²) in [6.45, 7) is 6.97. The van der Waals surface area contributed by atoms with Crippen molar-refractivity contribution < 1.29 is 0 Å². The molecule has 2 aromatic rings. The zero-order valence-corrected chi connectivity index (χ0v) is 15.6. The summed E-state index contributed by atoms with van der Waals surface area (Å²) < 4.78 is 0. The zero-order valence-electron chi connectivity index (χ0n) is 12.5. The predicted octanol–water partition coefficient (Wildman–Crippen LogP) is 3.99. The topological polar surface area (TPSA) is 63.3 Å². The first-order valence-corrected chi connectivity index (χ1v) is 7.40. The van der Waals surface area contributed by atoms with Gasteiger partial charge < -0.3 is 11.1 Å². The lowest BCUT2D eigenvalue weighted by Crippen LogP contribution is -2.22. The molecule has 0 saturated carbocycles. The molecule has 0 fully saturated rings. The number of aromatic nitrogens is 1. The third-order valence-corrected chi connectivity index (χ3v) is 3.58. The van der Waals surface area contributed by atoms with Crippen molar-refractivity contribution in [1.29, 1.82) is 0 Å². The van der Waals surface area contributed by atoms with E-state index in [1.54, 1.807) is 11.3 Å². The van der Waals surface area contributed by atoms with Crippen LogP contribution in [0.25, 0.3) is 0 Å². The fraction of sp³-hybridized carbons (Fsp3) is 0.333. The second kappa shape index (κ2) is 7.74. The fourth-order valence-corrected chi connectivity index (χ4v) is 2.53. The van der Waals surface area contributed by atoms with Gasteiger partial charge in [0.1, 0.15) is 5.01 Å². The van der Waals surface area contributed by atoms with E-state index in [1.807, 2.05) is 30.3 Å². The lowest BCUT2D eigenvalue weighted by molar-refractivity contribution is 0.571. The molecule has 21 heavy (non-hydrogen) atoms. The van der Waals surface area contributed by atoms with Crippen molar-refractivity contribution in [2.24, 2.45) is 10.7 Å². The smallest absolute Gasteiger partial charge is 0.193 e. The molecule has 0 aliphatic rings. The summed E-state index contributed by atoms with van der Waals surface area (Å²) in [5.41, 5.74) is 7.97. The van der Waals surface area contributed by atoms with Crippen LogP contribution in [0.4, 0.5) is 5.69 Å². The van der Waals surface area contributed by atoms with Crippen LogP contribution in [0.1, 0.15) is 31.5 Å². The Bertz CT molecular complexity index is 587. The number of halogens is 1. The number of nitrogens with one attached hydrogen (secondary N) is 1. The van der Waals surface area contributed by atoms with E-state index in [9.17, 15) is 0 Å². The van der Waals surface area contributed by atoms with Crippen molar-refractivity contribution in [3.8, 4) is 0 Å². The molecule has 0 saturated heterocycles. The van der Waals surface area contributed by atoms with Gasteiger partial charge in [0.2, 0.25) is 0 Å². The molecule has 3 N–H and O–H groups in total. The highest BCUT2D eigenvalue weighted by Crippen LogP contribution is 2.24. The second-order valence-electron chi connectivity index (χ2n) is 5.57. The molecular weight excluding hydrogens is 395 g/mol. The van der Waals surface area contributed by atoms with Crippen molar-refractivity contribution in [3.63, 3.8) is 0 Å². The molecule has 0 amide bonds. The molecule has 0 aliphatic heterocycles. The van der Waals surface area contributed by atoms with E-state index in [-0.39, 0.29) is 29.4 Å². The Morgan fingerprint density at radius 3 is 2.52 bits per heavy atom. The van der Waals surface area contributed by atoms with Crippen molar-refractivity contribution >= 4 is 47.0 Å². The number of thiazole rings is 1. The highest BCUT2D eigenvalue weighted by atomic mass is 127. The molecule has 0 atom stereocenters. The molecular formula is C15H21IN4S. The van der Waals surface area contributed by atoms with Gasteiger partial charge in [0, 0.05) is 16.5 Å². The van der Waals surface area contributed by atoms with Gasteiger partial charge in [0.05, 0.1) is 12.2 Å². The molecule has 0 radical (unpaired) electrons. The maximum atomic E-state index is 5.86. The van der Waals surface area contributed by atoms with Gasteiger partial charge in [0.25, 0.3) is 0 Å². The van der Waals surface area contributed by atoms with Crippen LogP contribution in [0.3, 0.4) is 0 Å². The quantitative estimate of drug-likeness (QED) is 0.452. The van der Waals surface area contributed by atoms with Crippen LogP contribution in [-0.4, -0.2) is 10.9 Å². The van der Waals surface area contributed by atoms with Crippen LogP contribution >= 0.6 is 35.3 Å². The summed E-state index contributed by atoms with van der Waals surface area (Å²) >= 11 is 1.62. The van der Waals surface area contributed by atoms with Crippen LogP contribution in [0.2, 0.25) is 0 Å². The minimum atomic E-state index is 0. The first-order chi connectivity index (χ1) is 9.45. The molecule has 1 aromatic heterocycles. The van der Waals surface area contributed by atoms with Crippen LogP contribution < -0.4 is 11.1 Å². The van der Waals surface area contributed by atoms with Crippen LogP contribution in [-0.2, 0) is 12.0 Å². The van der Waals surface area contributed by atoms with Gasteiger partial charge in [-0.25, -0.2) is 9.98 Å². The first kappa shape index (κ1) is 17.9. The van der Waals surface area contributed by atoms with Gasteiger partial charge in [-0.3, -0.25) is 0 Å². The van der Waals surface area contributed by atoms with Gasteiger partial charge >= 0.3 is 0 Å². The number of nitrogens with two attached hydrogens (primary N) is 1. The van der Waals surface area contributed by atoms with Gasteiger partial charge in [0.15, 0.2) is 5.96 Å². The maximum Gasteiger partial charge on any atom is 0.193 e. The summed E-state index contributed by atoms with van der Waals surface area (Å²) in [7, 11) is 0. The summed E-state index contributed by atoms with van der Waals surface area (Å²) in [6.07, 6.45) is 0. The number of hydrogen-bond donors (Lipinski definition) is 2. The summed E-state index contributed by atoms with van der Waals surface area (Å²) in [6, 6.07) is 9.76. The van der Waals surface area contributed by atoms with Crippen molar-refractivity contribution in [1.82, 2.24) is 4.98 Å². The average Bonchev–Trinajstić information content (AvgIpc) is 2.86. The number of aliphatic imine (C=N–C) groups is 1. The maximum absolute atomic E-state index is 5.86. The molecule has 1 aromatic carbocycles. The number of guanidine groups is 1. The van der Waals surface area contributed by atoms with Crippen molar-refractivity contribution in [2.75, 3.05) is 5.32 Å². The Labute approximate surface area is 146 Å². The number of rotatable bonds is 3. The van der Waals surface area contributed by atoms with Gasteiger partial charge in [-0.15, -0.1) is 35.3 Å². The average molecular weight is 416 g/mol. The van der Waals surface area contributed by atoms with E-state index in [2.05, 4.69) is 41.4 Å². The third-order valence-electron chi connectivity index (χ3n) is 2.75. The Morgan fingerprint density at radius 2 is 1.95 bits per heavy atom. The molecule has 0 aliphatic carbocycles. The monoisotopic (exact) mass is 416 g/mol. The normalized spacial score (nSPS) is 11.9. The number of nitrogens with zero attached hydrogens (tertiary/aromatic N) is 2. The lowest BCUT2D eigenvalue weighted by Gasteiger charge is -2.14. The highest BCUT2D eigenvalue weighted by Gasteiger charge is 2.17. The molecule has 6 heteroatoms. The molecule has 114 valence electrons. The van der Waals surface area contributed by atoms with E-state index in [0.29, 0.717) is 12.5 Å². The number of para-hydroxylation sites is 1. The second-order valence-corrected chi connectivity index (χ2v) is 6.51. The molecule has 2 rings (SSSR count). The SMILES string of the molecule is CC(C)(C)c1csc(CN=C(N)Nc2ccccc2)n1.I. The third kappa shape index (κ3) is 5.62. The molecule has 0 unspecified atom stereocenters. The van der Waals surface area contributed by atoms with Crippen LogP contribution in [0.5, 0.6) is 0 Å². The van der Waals surface area contributed by atoms with E-state index in [4.69, 9.17) is 5.73 Å². The van der Waals surface area contributed by atoms with Gasteiger partial charge in [-0.1, -0.05) is 39.0 Å². The standard InChI is InChI=1S/C15H20N4S.HI/c1-15(2,3)12-10-20-13(19-12)9-17-14(16)18-11-7-5-4-6-8-11;/h4-8,10H,9H2,1-3H3,(H3,16,17,18);1H. The Kier molecular flexibility index (Phi) is 6.60. The fourth-order valence-electron chi connectivity index (χ4n) is 1.59. The Hall–Kier alpha value is -1.15. The van der Waals surface area contributed by atoms with Crippen LogP contribution in [0.15, 0.2) is 40.7 Å². The number of hydrogen-bond acceptors (Lipinski definition) is 3. The molecule has 1 heterocycles. The van der Waals surface area contributed by atoms with E-state index in [0.717, 1.165) is 16.4 Å². The van der Waals surface area contributed by atoms with Crippen LogP contribution in [0, 0.1) is 0 Å². The summed E-state index contributed by atoms with van der Waals surface area (Å²) in [4.78, 5) is 8.90. The summed E-state index contributed by atoms with van der Waals surface area (Å²) in [5.74, 6) is 0.406. The molecule has 0 spiro atoms. The van der Waals surface area contributed by atoms with Gasteiger partial charge in [-0.2, -0.15) is 0 Å². The highest BCUT2D eigenvalue weighted by molar-refractivity contribution is 14.0. The van der Waals surface area contributed by atoms with Crippen molar-refractivity contribution in [3.05, 3.63) is 46.4 Å². The Balaban J connectivity index is 0.00000220. The minimum absolute atomic E-state index is 0. The van der Waals surface area contributed by atoms with E-state index in [1.165, 1.54) is 0 Å². The van der Waals surface area contributed by atoms with Gasteiger partial charge in [-0.05, 0) is 12.1 Å². The largest absolute Gasteiger partial charge is 0.370 e. The van der Waals surface area contributed by atoms with E-state index >= 15 is 0 Å². The Morgan fingerprint density at radius 1 is 1.29 bits per heavy atom. The zero-order chi connectivity index (χ0) is 14.6. The number of benzene rings is 1. The van der Waals surface area contributed by atoms with Crippen molar-refractivity contribution in [2.45, 2.75) is 32.7 Å².